The van der Waals surface area contributed by atoms with Crippen LogP contribution in [0.2, 0.25) is 0 Å². The molecule has 2 aliphatic rings. The smallest absolute Gasteiger partial charge is 0.225 e. The SMILES string of the molecule is CN(C)c1cc(-c2ccc3nc(Cc4cc(CN5CCN(C(=O)C6CC6)CC5)ccn4)[nH]c3c2)ncn1. The third-order valence-corrected chi connectivity index (χ3v) is 7.18. The lowest BCUT2D eigenvalue weighted by Gasteiger charge is -2.35. The predicted octanol–water partition coefficient (Wildman–Crippen LogP) is 3.13. The van der Waals surface area contributed by atoms with Crippen LogP contribution in [0, 0.1) is 5.92 Å². The number of aromatic amines is 1. The quantitative estimate of drug-likeness (QED) is 0.420. The number of anilines is 1. The van der Waals surface area contributed by atoms with Gasteiger partial charge in [0, 0.05) is 82.7 Å². The van der Waals surface area contributed by atoms with E-state index in [0.717, 1.165) is 85.2 Å². The molecule has 4 heterocycles. The third-order valence-electron chi connectivity index (χ3n) is 7.18. The zero-order valence-electron chi connectivity index (χ0n) is 21.4. The summed E-state index contributed by atoms with van der Waals surface area (Å²) in [7, 11) is 3.94. The molecule has 0 bridgehead atoms. The zero-order chi connectivity index (χ0) is 25.4. The summed E-state index contributed by atoms with van der Waals surface area (Å²) in [6.45, 7) is 4.38. The van der Waals surface area contributed by atoms with Gasteiger partial charge in [0.05, 0.1) is 16.7 Å². The summed E-state index contributed by atoms with van der Waals surface area (Å²) in [4.78, 5) is 40.4. The van der Waals surface area contributed by atoms with E-state index in [9.17, 15) is 4.79 Å². The number of carbonyl (C=O) groups is 1. The Morgan fingerprint density at radius 1 is 1.03 bits per heavy atom. The lowest BCUT2D eigenvalue weighted by molar-refractivity contribution is -0.134. The van der Waals surface area contributed by atoms with E-state index >= 15 is 0 Å². The molecular weight excluding hydrogens is 464 g/mol. The molecule has 0 unspecified atom stereocenters. The number of hydrogen-bond acceptors (Lipinski definition) is 7. The fourth-order valence-electron chi connectivity index (χ4n) is 4.92. The van der Waals surface area contributed by atoms with Gasteiger partial charge in [-0.1, -0.05) is 6.07 Å². The van der Waals surface area contributed by atoms with Crippen LogP contribution in [0.3, 0.4) is 0 Å². The van der Waals surface area contributed by atoms with Crippen LogP contribution >= 0.6 is 0 Å². The average Bonchev–Trinajstić information content (AvgIpc) is 3.68. The lowest BCUT2D eigenvalue weighted by Crippen LogP contribution is -2.48. The highest BCUT2D eigenvalue weighted by molar-refractivity contribution is 5.82. The Kier molecular flexibility index (Phi) is 6.30. The summed E-state index contributed by atoms with van der Waals surface area (Å²) in [5.41, 5.74) is 6.04. The van der Waals surface area contributed by atoms with Gasteiger partial charge >= 0.3 is 0 Å². The van der Waals surface area contributed by atoms with Gasteiger partial charge in [0.15, 0.2) is 0 Å². The standard InChI is InChI=1S/C28H32N8O/c1-34(2)27-16-24(30-18-31-27)21-5-6-23-25(14-21)33-26(32-23)15-22-13-19(7-8-29-22)17-35-9-11-36(12-10-35)28(37)20-3-4-20/h5-8,13-14,16,18,20H,3-4,9-12,15,17H2,1-2H3,(H,32,33). The number of amides is 1. The van der Waals surface area contributed by atoms with E-state index in [1.54, 1.807) is 6.33 Å². The van der Waals surface area contributed by atoms with Crippen molar-refractivity contribution in [3.8, 4) is 11.3 Å². The number of benzene rings is 1. The maximum absolute atomic E-state index is 12.3. The Morgan fingerprint density at radius 3 is 2.65 bits per heavy atom. The van der Waals surface area contributed by atoms with Crippen LogP contribution in [0.4, 0.5) is 5.82 Å². The molecule has 1 saturated carbocycles. The van der Waals surface area contributed by atoms with E-state index in [4.69, 9.17) is 4.98 Å². The summed E-state index contributed by atoms with van der Waals surface area (Å²) in [5, 5.41) is 0. The van der Waals surface area contributed by atoms with E-state index in [1.165, 1.54) is 5.56 Å². The third kappa shape index (κ3) is 5.32. The Bertz CT molecular complexity index is 1420. The number of nitrogens with one attached hydrogen (secondary N) is 1. The van der Waals surface area contributed by atoms with E-state index in [-0.39, 0.29) is 0 Å². The average molecular weight is 497 g/mol. The number of H-pyrrole nitrogens is 1. The fourth-order valence-corrected chi connectivity index (χ4v) is 4.92. The van der Waals surface area contributed by atoms with Crippen molar-refractivity contribution in [2.75, 3.05) is 45.2 Å². The fraction of sp³-hybridized carbons (Fsp3) is 0.393. The van der Waals surface area contributed by atoms with Crippen molar-refractivity contribution in [1.29, 1.82) is 0 Å². The number of imidazole rings is 1. The number of hydrogen-bond donors (Lipinski definition) is 1. The molecular formula is C28H32N8O. The van der Waals surface area contributed by atoms with Crippen LogP contribution in [0.1, 0.15) is 29.9 Å². The lowest BCUT2D eigenvalue weighted by atomic mass is 10.1. The number of fused-ring (bicyclic) bond motifs is 1. The van der Waals surface area contributed by atoms with Gasteiger partial charge in [0.2, 0.25) is 5.91 Å². The van der Waals surface area contributed by atoms with Crippen molar-refractivity contribution in [3.05, 3.63) is 66.0 Å². The maximum Gasteiger partial charge on any atom is 0.225 e. The molecule has 1 amide bonds. The summed E-state index contributed by atoms with van der Waals surface area (Å²) in [6, 6.07) is 12.4. The van der Waals surface area contributed by atoms with Gasteiger partial charge < -0.3 is 14.8 Å². The van der Waals surface area contributed by atoms with E-state index in [1.807, 2.05) is 48.3 Å². The van der Waals surface area contributed by atoms with Gasteiger partial charge in [-0.15, -0.1) is 0 Å². The maximum atomic E-state index is 12.3. The van der Waals surface area contributed by atoms with Crippen molar-refractivity contribution in [3.63, 3.8) is 0 Å². The monoisotopic (exact) mass is 496 g/mol. The highest BCUT2D eigenvalue weighted by Gasteiger charge is 2.34. The zero-order valence-corrected chi connectivity index (χ0v) is 21.4. The second-order valence-electron chi connectivity index (χ2n) is 10.3. The normalized spacial score (nSPS) is 16.3. The van der Waals surface area contributed by atoms with Crippen molar-refractivity contribution >= 4 is 22.8 Å². The summed E-state index contributed by atoms with van der Waals surface area (Å²) in [6.07, 6.45) is 6.27. The van der Waals surface area contributed by atoms with Crippen LogP contribution in [-0.4, -0.2) is 80.9 Å². The molecule has 1 N–H and O–H groups in total. The van der Waals surface area contributed by atoms with Gasteiger partial charge in [-0.25, -0.2) is 15.0 Å². The highest BCUT2D eigenvalue weighted by atomic mass is 16.2. The Labute approximate surface area is 216 Å². The molecule has 9 nitrogen and oxygen atoms in total. The first kappa shape index (κ1) is 23.5. The van der Waals surface area contributed by atoms with E-state index in [0.29, 0.717) is 18.2 Å². The van der Waals surface area contributed by atoms with Crippen LogP contribution in [0.5, 0.6) is 0 Å². The molecule has 37 heavy (non-hydrogen) atoms. The minimum atomic E-state index is 0.308. The first-order valence-electron chi connectivity index (χ1n) is 13.0. The summed E-state index contributed by atoms with van der Waals surface area (Å²) >= 11 is 0. The molecule has 1 saturated heterocycles. The molecule has 0 atom stereocenters. The number of nitrogens with zero attached hydrogens (tertiary/aromatic N) is 7. The molecule has 3 aromatic heterocycles. The number of rotatable bonds is 7. The van der Waals surface area contributed by atoms with Crippen molar-refractivity contribution in [1.82, 2.24) is 34.7 Å². The van der Waals surface area contributed by atoms with Crippen molar-refractivity contribution < 1.29 is 4.79 Å². The second kappa shape index (κ2) is 9.89. The van der Waals surface area contributed by atoms with Gasteiger partial charge in [-0.2, -0.15) is 0 Å². The van der Waals surface area contributed by atoms with Crippen molar-refractivity contribution in [2.24, 2.45) is 5.92 Å². The summed E-state index contributed by atoms with van der Waals surface area (Å²) in [5.74, 6) is 2.43. The largest absolute Gasteiger partial charge is 0.363 e. The van der Waals surface area contributed by atoms with Crippen LogP contribution < -0.4 is 4.90 Å². The molecule has 1 aliphatic carbocycles. The van der Waals surface area contributed by atoms with E-state index in [2.05, 4.69) is 43.0 Å². The molecule has 2 fully saturated rings. The topological polar surface area (TPSA) is 94.1 Å². The Balaban J connectivity index is 1.12. The minimum Gasteiger partial charge on any atom is -0.363 e. The Hall–Kier alpha value is -3.85. The minimum absolute atomic E-state index is 0.308. The van der Waals surface area contributed by atoms with Crippen LogP contribution in [0.15, 0.2) is 48.9 Å². The summed E-state index contributed by atoms with van der Waals surface area (Å²) < 4.78 is 0. The molecule has 4 aromatic rings. The molecule has 0 radical (unpaired) electrons. The highest BCUT2D eigenvalue weighted by Crippen LogP contribution is 2.31. The first-order valence-corrected chi connectivity index (χ1v) is 13.0. The van der Waals surface area contributed by atoms with Crippen LogP contribution in [0.25, 0.3) is 22.3 Å². The number of carbonyl (C=O) groups excluding carboxylic acids is 1. The second-order valence-corrected chi connectivity index (χ2v) is 10.3. The van der Waals surface area contributed by atoms with Gasteiger partial charge in [0.25, 0.3) is 0 Å². The molecule has 1 aliphatic heterocycles. The molecule has 1 aromatic carbocycles. The molecule has 190 valence electrons. The van der Waals surface area contributed by atoms with Gasteiger partial charge in [-0.3, -0.25) is 14.7 Å². The van der Waals surface area contributed by atoms with Crippen molar-refractivity contribution in [2.45, 2.75) is 25.8 Å². The van der Waals surface area contributed by atoms with Gasteiger partial charge in [-0.05, 0) is 42.7 Å². The predicted molar refractivity (Wildman–Crippen MR) is 143 cm³/mol. The van der Waals surface area contributed by atoms with E-state index < -0.39 is 0 Å². The number of pyridine rings is 1. The van der Waals surface area contributed by atoms with Gasteiger partial charge in [0.1, 0.15) is 18.0 Å². The molecule has 6 rings (SSSR count). The molecule has 9 heteroatoms. The van der Waals surface area contributed by atoms with Crippen LogP contribution in [-0.2, 0) is 17.8 Å². The molecule has 0 spiro atoms. The number of piperazine rings is 1. The Morgan fingerprint density at radius 2 is 1.86 bits per heavy atom. The number of aromatic nitrogens is 5. The first-order chi connectivity index (χ1) is 18.0.